The van der Waals surface area contributed by atoms with Crippen molar-refractivity contribution >= 4 is 5.91 Å². The average Bonchev–Trinajstić information content (AvgIpc) is 3.10. The third-order valence-corrected chi connectivity index (χ3v) is 5.79. The fourth-order valence-electron chi connectivity index (χ4n) is 4.48. The second kappa shape index (κ2) is 7.39. The molecular formula is C17H27N5O3. The van der Waals surface area contributed by atoms with Crippen molar-refractivity contribution in [3.05, 3.63) is 11.9 Å². The maximum atomic E-state index is 12.9. The van der Waals surface area contributed by atoms with Gasteiger partial charge < -0.3 is 14.4 Å². The number of fused-ring (bicyclic) bond motifs is 3. The van der Waals surface area contributed by atoms with Crippen molar-refractivity contribution in [3.8, 4) is 0 Å². The van der Waals surface area contributed by atoms with Crippen molar-refractivity contribution in [1.82, 2.24) is 24.8 Å². The molecule has 4 saturated heterocycles. The molecular weight excluding hydrogens is 322 g/mol. The van der Waals surface area contributed by atoms with Gasteiger partial charge in [-0.15, -0.1) is 5.10 Å². The van der Waals surface area contributed by atoms with Gasteiger partial charge in [0, 0.05) is 32.8 Å². The van der Waals surface area contributed by atoms with Crippen LogP contribution in [0.1, 0.15) is 18.5 Å². The molecule has 0 saturated carbocycles. The van der Waals surface area contributed by atoms with E-state index >= 15 is 0 Å². The van der Waals surface area contributed by atoms with Gasteiger partial charge in [-0.05, 0) is 25.3 Å². The van der Waals surface area contributed by atoms with Crippen LogP contribution in [0.25, 0.3) is 0 Å². The standard InChI is InChI=1S/C17H27N5O3/c1-24-12-14-9-22(19-18-14)10-15-8-13-2-3-21(15)11-16(13)17(23)20-4-6-25-7-5-20/h9,13,15-16H,2-8,10-12H2,1H3. The quantitative estimate of drug-likeness (QED) is 0.745. The van der Waals surface area contributed by atoms with Gasteiger partial charge in [-0.2, -0.15) is 0 Å². The molecule has 4 aliphatic rings. The van der Waals surface area contributed by atoms with E-state index in [9.17, 15) is 4.79 Å². The smallest absolute Gasteiger partial charge is 0.227 e. The lowest BCUT2D eigenvalue weighted by atomic mass is 9.75. The Hall–Kier alpha value is -1.51. The molecule has 4 atom stereocenters. The van der Waals surface area contributed by atoms with Crippen LogP contribution in [0, 0.1) is 11.8 Å². The predicted octanol–water partition coefficient (Wildman–Crippen LogP) is -0.00630. The molecule has 0 N–H and O–H groups in total. The van der Waals surface area contributed by atoms with Crippen molar-refractivity contribution in [2.45, 2.75) is 32.0 Å². The highest BCUT2D eigenvalue weighted by molar-refractivity contribution is 5.79. The van der Waals surface area contributed by atoms with Crippen molar-refractivity contribution in [1.29, 1.82) is 0 Å². The average molecular weight is 349 g/mol. The Kier molecular flexibility index (Phi) is 5.00. The van der Waals surface area contributed by atoms with Gasteiger partial charge in [0.05, 0.1) is 38.5 Å². The third kappa shape index (κ3) is 3.56. The number of hydrogen-bond acceptors (Lipinski definition) is 6. The van der Waals surface area contributed by atoms with E-state index in [4.69, 9.17) is 9.47 Å². The Labute approximate surface area is 148 Å². The zero-order valence-corrected chi connectivity index (χ0v) is 14.8. The van der Waals surface area contributed by atoms with Crippen LogP contribution in [0.15, 0.2) is 6.20 Å². The summed E-state index contributed by atoms with van der Waals surface area (Å²) in [4.78, 5) is 17.4. The second-order valence-electron chi connectivity index (χ2n) is 7.34. The molecule has 0 aliphatic carbocycles. The predicted molar refractivity (Wildman–Crippen MR) is 89.7 cm³/mol. The van der Waals surface area contributed by atoms with Crippen molar-refractivity contribution < 1.29 is 14.3 Å². The van der Waals surface area contributed by atoms with E-state index in [1.807, 2.05) is 15.8 Å². The number of carbonyl (C=O) groups is 1. The summed E-state index contributed by atoms with van der Waals surface area (Å²) in [6, 6.07) is 0.449. The number of morpholine rings is 1. The lowest BCUT2D eigenvalue weighted by Crippen LogP contribution is -2.59. The minimum absolute atomic E-state index is 0.155. The molecule has 1 amide bonds. The number of nitrogens with zero attached hydrogens (tertiary/aromatic N) is 5. The van der Waals surface area contributed by atoms with Crippen LogP contribution < -0.4 is 0 Å². The summed E-state index contributed by atoms with van der Waals surface area (Å²) in [5.41, 5.74) is 0.860. The van der Waals surface area contributed by atoms with Crippen LogP contribution in [-0.2, 0) is 27.4 Å². The van der Waals surface area contributed by atoms with Crippen LogP contribution in [0.3, 0.4) is 0 Å². The molecule has 4 aliphatic heterocycles. The number of rotatable bonds is 5. The molecule has 2 bridgehead atoms. The molecule has 4 unspecified atom stereocenters. The number of carbonyl (C=O) groups excluding carboxylic acids is 1. The molecule has 5 heterocycles. The first-order valence-electron chi connectivity index (χ1n) is 9.23. The molecule has 0 radical (unpaired) electrons. The summed E-state index contributed by atoms with van der Waals surface area (Å²) < 4.78 is 12.4. The van der Waals surface area contributed by atoms with Crippen molar-refractivity contribution in [2.75, 3.05) is 46.5 Å². The van der Waals surface area contributed by atoms with Gasteiger partial charge in [-0.3, -0.25) is 14.4 Å². The molecule has 4 fully saturated rings. The highest BCUT2D eigenvalue weighted by Gasteiger charge is 2.44. The molecule has 1 aromatic rings. The van der Waals surface area contributed by atoms with E-state index < -0.39 is 0 Å². The Bertz CT molecular complexity index is 601. The Morgan fingerprint density at radius 2 is 2.20 bits per heavy atom. The first kappa shape index (κ1) is 16.9. The SMILES string of the molecule is COCc1cn(CC2CC3CCN2CC3C(=O)N2CCOCC2)nn1. The van der Waals surface area contributed by atoms with Crippen LogP contribution in [-0.4, -0.2) is 83.2 Å². The first-order valence-corrected chi connectivity index (χ1v) is 9.23. The highest BCUT2D eigenvalue weighted by atomic mass is 16.5. The zero-order valence-electron chi connectivity index (χ0n) is 14.8. The maximum Gasteiger partial charge on any atom is 0.227 e. The molecule has 1 aromatic heterocycles. The van der Waals surface area contributed by atoms with Gasteiger partial charge >= 0.3 is 0 Å². The fraction of sp³-hybridized carbons (Fsp3) is 0.824. The summed E-state index contributed by atoms with van der Waals surface area (Å²) in [6.07, 6.45) is 4.16. The number of piperidine rings is 3. The van der Waals surface area contributed by atoms with Gasteiger partial charge in [0.2, 0.25) is 5.91 Å². The van der Waals surface area contributed by atoms with Gasteiger partial charge in [0.15, 0.2) is 0 Å². The number of methoxy groups -OCH3 is 1. The largest absolute Gasteiger partial charge is 0.378 e. The van der Waals surface area contributed by atoms with E-state index in [1.165, 1.54) is 0 Å². The van der Waals surface area contributed by atoms with E-state index in [1.54, 1.807) is 7.11 Å². The summed E-state index contributed by atoms with van der Waals surface area (Å²) in [6.45, 7) is 6.13. The summed E-state index contributed by atoms with van der Waals surface area (Å²) in [5, 5.41) is 8.35. The molecule has 8 heteroatoms. The lowest BCUT2D eigenvalue weighted by Gasteiger charge is -2.50. The molecule has 5 rings (SSSR count). The maximum absolute atomic E-state index is 12.9. The minimum Gasteiger partial charge on any atom is -0.378 e. The number of aromatic nitrogens is 3. The Morgan fingerprint density at radius 1 is 1.36 bits per heavy atom. The number of ether oxygens (including phenoxy) is 2. The Balaban J connectivity index is 1.37. The van der Waals surface area contributed by atoms with Gasteiger partial charge in [-0.25, -0.2) is 0 Å². The van der Waals surface area contributed by atoms with Gasteiger partial charge in [-0.1, -0.05) is 5.21 Å². The van der Waals surface area contributed by atoms with E-state index in [-0.39, 0.29) is 5.92 Å². The summed E-state index contributed by atoms with van der Waals surface area (Å²) in [5.74, 6) is 0.981. The second-order valence-corrected chi connectivity index (χ2v) is 7.34. The van der Waals surface area contributed by atoms with E-state index in [0.717, 1.165) is 51.3 Å². The lowest BCUT2D eigenvalue weighted by molar-refractivity contribution is -0.148. The first-order chi connectivity index (χ1) is 12.2. The number of amides is 1. The molecule has 0 aromatic carbocycles. The van der Waals surface area contributed by atoms with Crippen molar-refractivity contribution in [2.24, 2.45) is 11.8 Å². The minimum atomic E-state index is 0.155. The van der Waals surface area contributed by atoms with Crippen LogP contribution in [0.4, 0.5) is 0 Å². The summed E-state index contributed by atoms with van der Waals surface area (Å²) >= 11 is 0. The zero-order chi connectivity index (χ0) is 17.2. The number of hydrogen-bond donors (Lipinski definition) is 0. The van der Waals surface area contributed by atoms with E-state index in [2.05, 4.69) is 15.2 Å². The fourth-order valence-corrected chi connectivity index (χ4v) is 4.48. The molecule has 8 nitrogen and oxygen atoms in total. The topological polar surface area (TPSA) is 72.7 Å². The molecule has 138 valence electrons. The van der Waals surface area contributed by atoms with Crippen LogP contribution >= 0.6 is 0 Å². The van der Waals surface area contributed by atoms with E-state index in [0.29, 0.717) is 37.7 Å². The van der Waals surface area contributed by atoms with Crippen LogP contribution in [0.5, 0.6) is 0 Å². The van der Waals surface area contributed by atoms with Crippen LogP contribution in [0.2, 0.25) is 0 Å². The normalized spacial score (nSPS) is 32.1. The highest BCUT2D eigenvalue weighted by Crippen LogP contribution is 2.37. The van der Waals surface area contributed by atoms with Gasteiger partial charge in [0.25, 0.3) is 0 Å². The molecule has 0 spiro atoms. The summed E-state index contributed by atoms with van der Waals surface area (Å²) in [7, 11) is 1.66. The Morgan fingerprint density at radius 3 is 2.92 bits per heavy atom. The third-order valence-electron chi connectivity index (χ3n) is 5.79. The molecule has 25 heavy (non-hydrogen) atoms. The monoisotopic (exact) mass is 349 g/mol. The van der Waals surface area contributed by atoms with Gasteiger partial charge in [0.1, 0.15) is 5.69 Å². The van der Waals surface area contributed by atoms with Crippen molar-refractivity contribution in [3.63, 3.8) is 0 Å².